The molecule has 0 unspecified atom stereocenters. The van der Waals surface area contributed by atoms with Gasteiger partial charge in [-0.25, -0.2) is 0 Å². The summed E-state index contributed by atoms with van der Waals surface area (Å²) in [5.41, 5.74) is 0.459. The lowest BCUT2D eigenvalue weighted by atomic mass is 10.3. The van der Waals surface area contributed by atoms with Crippen LogP contribution in [0.3, 0.4) is 0 Å². The van der Waals surface area contributed by atoms with E-state index in [1.807, 2.05) is 0 Å². The Morgan fingerprint density at radius 2 is 1.81 bits per heavy atom. The van der Waals surface area contributed by atoms with Crippen LogP contribution in [0.2, 0.25) is 0 Å². The minimum absolute atomic E-state index is 0.0693. The third kappa shape index (κ3) is 4.30. The summed E-state index contributed by atoms with van der Waals surface area (Å²) in [6.07, 6.45) is 0. The van der Waals surface area contributed by atoms with Gasteiger partial charge < -0.3 is 9.50 Å². The van der Waals surface area contributed by atoms with Crippen molar-refractivity contribution in [2.45, 2.75) is 4.90 Å². The summed E-state index contributed by atoms with van der Waals surface area (Å²) < 4.78 is 29.2. The first-order chi connectivity index (χ1) is 10.0. The number of carbonyl (C=O) groups excluding carboxylic acids is 1. The van der Waals surface area contributed by atoms with Crippen molar-refractivity contribution in [3.63, 3.8) is 0 Å². The number of rotatable bonds is 5. The second-order valence-corrected chi connectivity index (χ2v) is 6.17. The van der Waals surface area contributed by atoms with Crippen LogP contribution in [0.15, 0.2) is 59.5 Å². The Kier molecular flexibility index (Phi) is 4.98. The maximum absolute atomic E-state index is 12.1. The number of carbonyl (C=O) groups is 1. The molecule has 21 heavy (non-hydrogen) atoms. The molecule has 0 fully saturated rings. The lowest BCUT2D eigenvalue weighted by Crippen LogP contribution is -2.13. The van der Waals surface area contributed by atoms with Gasteiger partial charge in [0.25, 0.3) is 0 Å². The van der Waals surface area contributed by atoms with Gasteiger partial charge in [0.05, 0.1) is 5.33 Å². The molecule has 7 heteroatoms. The zero-order chi connectivity index (χ0) is 15.3. The third-order valence-corrected chi connectivity index (χ3v) is 4.25. The molecule has 0 radical (unpaired) electrons. The Morgan fingerprint density at radius 1 is 1.10 bits per heavy atom. The molecule has 0 aliphatic carbocycles. The SMILES string of the molecule is O=C(CBr)Nc1cccc(OS(=O)(=O)c2ccccc2)c1. The summed E-state index contributed by atoms with van der Waals surface area (Å²) >= 11 is 3.03. The summed E-state index contributed by atoms with van der Waals surface area (Å²) in [6, 6.07) is 14.0. The van der Waals surface area contributed by atoms with Crippen LogP contribution >= 0.6 is 15.9 Å². The van der Waals surface area contributed by atoms with Crippen LogP contribution in [0.4, 0.5) is 5.69 Å². The molecule has 2 aromatic carbocycles. The summed E-state index contributed by atoms with van der Waals surface area (Å²) in [5.74, 6) is -0.107. The molecule has 0 aliphatic rings. The monoisotopic (exact) mass is 369 g/mol. The second kappa shape index (κ2) is 6.73. The number of hydrogen-bond donors (Lipinski definition) is 1. The number of hydrogen-bond acceptors (Lipinski definition) is 4. The smallest absolute Gasteiger partial charge is 0.339 e. The van der Waals surface area contributed by atoms with Crippen LogP contribution in [0.1, 0.15) is 0 Å². The Bertz CT molecular complexity index is 732. The predicted molar refractivity (Wildman–Crippen MR) is 83.1 cm³/mol. The molecule has 1 N–H and O–H groups in total. The number of halogens is 1. The first kappa shape index (κ1) is 15.5. The highest BCUT2D eigenvalue weighted by molar-refractivity contribution is 9.09. The Balaban J connectivity index is 2.20. The van der Waals surface area contributed by atoms with Gasteiger partial charge in [0.2, 0.25) is 5.91 Å². The van der Waals surface area contributed by atoms with Gasteiger partial charge in [-0.1, -0.05) is 40.2 Å². The highest BCUT2D eigenvalue weighted by atomic mass is 79.9. The van der Waals surface area contributed by atoms with Crippen molar-refractivity contribution in [2.24, 2.45) is 0 Å². The standard InChI is InChI=1S/C14H12BrNO4S/c15-10-14(17)16-11-5-4-6-12(9-11)20-21(18,19)13-7-2-1-3-8-13/h1-9H,10H2,(H,16,17). The number of amides is 1. The topological polar surface area (TPSA) is 72.5 Å². The van der Waals surface area contributed by atoms with Crippen LogP contribution in [0.25, 0.3) is 0 Å². The molecule has 0 spiro atoms. The minimum Gasteiger partial charge on any atom is -0.379 e. The fraction of sp³-hybridized carbons (Fsp3) is 0.0714. The summed E-state index contributed by atoms with van der Waals surface area (Å²) in [7, 11) is -3.89. The van der Waals surface area contributed by atoms with E-state index in [1.165, 1.54) is 24.3 Å². The minimum atomic E-state index is -3.89. The molecule has 0 atom stereocenters. The van der Waals surface area contributed by atoms with Crippen LogP contribution in [-0.4, -0.2) is 19.7 Å². The molecule has 2 rings (SSSR count). The molecule has 2 aromatic rings. The number of anilines is 1. The van der Waals surface area contributed by atoms with Gasteiger partial charge in [-0.3, -0.25) is 4.79 Å². The third-order valence-electron chi connectivity index (χ3n) is 2.48. The first-order valence-corrected chi connectivity index (χ1v) is 8.49. The van der Waals surface area contributed by atoms with Crippen LogP contribution in [0, 0.1) is 0 Å². The van der Waals surface area contributed by atoms with E-state index in [2.05, 4.69) is 21.2 Å². The van der Waals surface area contributed by atoms with E-state index >= 15 is 0 Å². The van der Waals surface area contributed by atoms with Gasteiger partial charge in [-0.2, -0.15) is 8.42 Å². The quantitative estimate of drug-likeness (QED) is 0.649. The lowest BCUT2D eigenvalue weighted by Gasteiger charge is -2.09. The van der Waals surface area contributed by atoms with Gasteiger partial charge in [0.1, 0.15) is 10.6 Å². The van der Waals surface area contributed by atoms with E-state index in [0.29, 0.717) is 5.69 Å². The maximum Gasteiger partial charge on any atom is 0.339 e. The van der Waals surface area contributed by atoms with E-state index in [4.69, 9.17) is 4.18 Å². The molecule has 110 valence electrons. The van der Waals surface area contributed by atoms with Crippen molar-refractivity contribution in [1.82, 2.24) is 0 Å². The van der Waals surface area contributed by atoms with E-state index in [9.17, 15) is 13.2 Å². The Morgan fingerprint density at radius 3 is 2.48 bits per heavy atom. The van der Waals surface area contributed by atoms with E-state index in [0.717, 1.165) is 0 Å². The average Bonchev–Trinajstić information content (AvgIpc) is 2.48. The van der Waals surface area contributed by atoms with Gasteiger partial charge >= 0.3 is 10.1 Å². The maximum atomic E-state index is 12.1. The van der Waals surface area contributed by atoms with Crippen molar-refractivity contribution in [3.8, 4) is 5.75 Å². The molecule has 0 saturated carbocycles. The molecule has 5 nitrogen and oxygen atoms in total. The number of alkyl halides is 1. The largest absolute Gasteiger partial charge is 0.379 e. The molecule has 0 aliphatic heterocycles. The zero-order valence-corrected chi connectivity index (χ0v) is 13.2. The van der Waals surface area contributed by atoms with Gasteiger partial charge in [0, 0.05) is 11.8 Å². The Labute approximate surface area is 131 Å². The van der Waals surface area contributed by atoms with Crippen LogP contribution in [-0.2, 0) is 14.9 Å². The van der Waals surface area contributed by atoms with Gasteiger partial charge in [-0.15, -0.1) is 0 Å². The normalized spacial score (nSPS) is 10.9. The summed E-state index contributed by atoms with van der Waals surface area (Å²) in [5, 5.41) is 2.75. The van der Waals surface area contributed by atoms with Crippen molar-refractivity contribution in [3.05, 3.63) is 54.6 Å². The van der Waals surface area contributed by atoms with Crippen molar-refractivity contribution < 1.29 is 17.4 Å². The molecule has 1 amide bonds. The molecule has 0 aromatic heterocycles. The first-order valence-electron chi connectivity index (χ1n) is 5.97. The molecule has 0 saturated heterocycles. The highest BCUT2D eigenvalue weighted by Crippen LogP contribution is 2.22. The van der Waals surface area contributed by atoms with Gasteiger partial charge in [0.15, 0.2) is 0 Å². The van der Waals surface area contributed by atoms with E-state index in [1.54, 1.807) is 30.3 Å². The summed E-state index contributed by atoms with van der Waals surface area (Å²) in [6.45, 7) is 0. The van der Waals surface area contributed by atoms with Crippen LogP contribution < -0.4 is 9.50 Å². The fourth-order valence-corrected chi connectivity index (χ4v) is 2.67. The molecular weight excluding hydrogens is 358 g/mol. The fourth-order valence-electron chi connectivity index (χ4n) is 1.58. The molecule has 0 bridgehead atoms. The predicted octanol–water partition coefficient (Wildman–Crippen LogP) is 2.79. The van der Waals surface area contributed by atoms with Crippen molar-refractivity contribution in [1.29, 1.82) is 0 Å². The summed E-state index contributed by atoms with van der Waals surface area (Å²) in [4.78, 5) is 11.4. The average molecular weight is 370 g/mol. The molecule has 0 heterocycles. The highest BCUT2D eigenvalue weighted by Gasteiger charge is 2.16. The Hall–Kier alpha value is -1.86. The lowest BCUT2D eigenvalue weighted by molar-refractivity contribution is -0.113. The van der Waals surface area contributed by atoms with Gasteiger partial charge in [-0.05, 0) is 24.3 Å². The molecular formula is C14H12BrNO4S. The van der Waals surface area contributed by atoms with Crippen molar-refractivity contribution in [2.75, 3.05) is 10.6 Å². The number of nitrogens with one attached hydrogen (secondary N) is 1. The van der Waals surface area contributed by atoms with Crippen LogP contribution in [0.5, 0.6) is 5.75 Å². The second-order valence-electron chi connectivity index (χ2n) is 4.06. The number of benzene rings is 2. The zero-order valence-electron chi connectivity index (χ0n) is 10.8. The van der Waals surface area contributed by atoms with Crippen molar-refractivity contribution >= 4 is 37.6 Å². The van der Waals surface area contributed by atoms with E-state index < -0.39 is 10.1 Å². The van der Waals surface area contributed by atoms with E-state index in [-0.39, 0.29) is 21.9 Å².